The summed E-state index contributed by atoms with van der Waals surface area (Å²) in [6.07, 6.45) is -0.237. The van der Waals surface area contributed by atoms with Gasteiger partial charge in [-0.2, -0.15) is 0 Å². The monoisotopic (exact) mass is 453 g/mol. The van der Waals surface area contributed by atoms with Crippen molar-refractivity contribution in [2.45, 2.75) is 38.5 Å². The number of piperidine rings is 1. The van der Waals surface area contributed by atoms with Crippen LogP contribution in [0.4, 0.5) is 4.79 Å². The molecule has 11 nitrogen and oxygen atoms in total. The van der Waals surface area contributed by atoms with Crippen molar-refractivity contribution in [3.63, 3.8) is 0 Å². The SMILES string of the molecule is COc1cc(C(=O)NC2CCCN(C(=O)OC(C)OC(=O)CCN)C2)cc(OC)c1OC. The maximum atomic E-state index is 12.8. The second-order valence-electron chi connectivity index (χ2n) is 7.15. The predicted molar refractivity (Wildman–Crippen MR) is 114 cm³/mol. The minimum Gasteiger partial charge on any atom is -0.493 e. The van der Waals surface area contributed by atoms with E-state index in [-0.39, 0.29) is 31.5 Å². The van der Waals surface area contributed by atoms with Gasteiger partial charge >= 0.3 is 12.1 Å². The third-order valence-electron chi connectivity index (χ3n) is 4.85. The highest BCUT2D eigenvalue weighted by Gasteiger charge is 2.28. The number of amides is 2. The maximum Gasteiger partial charge on any atom is 0.412 e. The normalized spacial score (nSPS) is 16.5. The highest BCUT2D eigenvalue weighted by Crippen LogP contribution is 2.38. The average molecular weight is 453 g/mol. The molecule has 1 aliphatic heterocycles. The van der Waals surface area contributed by atoms with Crippen LogP contribution in [0.2, 0.25) is 0 Å². The number of esters is 1. The molecule has 2 atom stereocenters. The summed E-state index contributed by atoms with van der Waals surface area (Å²) in [4.78, 5) is 38.2. The first kappa shape index (κ1) is 25.1. The van der Waals surface area contributed by atoms with Gasteiger partial charge in [0.05, 0.1) is 27.8 Å². The van der Waals surface area contributed by atoms with Crippen LogP contribution in [-0.4, -0.2) is 76.2 Å². The van der Waals surface area contributed by atoms with E-state index in [4.69, 9.17) is 29.4 Å². The topological polar surface area (TPSA) is 139 Å². The van der Waals surface area contributed by atoms with Crippen molar-refractivity contribution < 1.29 is 38.1 Å². The van der Waals surface area contributed by atoms with Crippen LogP contribution in [0.5, 0.6) is 17.2 Å². The van der Waals surface area contributed by atoms with Crippen molar-refractivity contribution in [3.8, 4) is 17.2 Å². The molecule has 1 aliphatic rings. The van der Waals surface area contributed by atoms with Crippen LogP contribution in [-0.2, 0) is 14.3 Å². The van der Waals surface area contributed by atoms with E-state index < -0.39 is 18.4 Å². The van der Waals surface area contributed by atoms with Crippen LogP contribution in [0.3, 0.4) is 0 Å². The summed E-state index contributed by atoms with van der Waals surface area (Å²) >= 11 is 0. The van der Waals surface area contributed by atoms with E-state index in [0.29, 0.717) is 42.2 Å². The molecule has 1 aromatic carbocycles. The molecule has 32 heavy (non-hydrogen) atoms. The van der Waals surface area contributed by atoms with E-state index in [1.165, 1.54) is 33.2 Å². The molecule has 0 spiro atoms. The third-order valence-corrected chi connectivity index (χ3v) is 4.85. The van der Waals surface area contributed by atoms with Gasteiger partial charge in [0.1, 0.15) is 0 Å². The number of methoxy groups -OCH3 is 3. The molecule has 0 saturated carbocycles. The molecular formula is C21H31N3O8. The maximum absolute atomic E-state index is 12.8. The lowest BCUT2D eigenvalue weighted by atomic mass is 10.1. The molecule has 1 saturated heterocycles. The van der Waals surface area contributed by atoms with Crippen LogP contribution >= 0.6 is 0 Å². The highest BCUT2D eigenvalue weighted by molar-refractivity contribution is 5.96. The Bertz CT molecular complexity index is 791. The van der Waals surface area contributed by atoms with Gasteiger partial charge in [-0.15, -0.1) is 0 Å². The molecule has 178 valence electrons. The molecule has 2 amide bonds. The second-order valence-corrected chi connectivity index (χ2v) is 7.15. The van der Waals surface area contributed by atoms with Crippen LogP contribution in [0.25, 0.3) is 0 Å². The Morgan fingerprint density at radius 1 is 1.12 bits per heavy atom. The molecule has 0 bridgehead atoms. The van der Waals surface area contributed by atoms with E-state index in [0.717, 1.165) is 0 Å². The number of carbonyl (C=O) groups is 3. The molecule has 3 N–H and O–H groups in total. The first-order valence-electron chi connectivity index (χ1n) is 10.3. The van der Waals surface area contributed by atoms with Crippen LogP contribution < -0.4 is 25.3 Å². The minimum absolute atomic E-state index is 0.0423. The van der Waals surface area contributed by atoms with E-state index >= 15 is 0 Å². The highest BCUT2D eigenvalue weighted by atomic mass is 16.7. The van der Waals surface area contributed by atoms with Gasteiger partial charge in [-0.3, -0.25) is 9.59 Å². The zero-order valence-corrected chi connectivity index (χ0v) is 18.8. The molecule has 0 aromatic heterocycles. The standard InChI is InChI=1S/C21H31N3O8/c1-13(31-18(25)7-8-22)32-21(27)24-9-5-6-15(12-24)23-20(26)14-10-16(28-2)19(30-4)17(11-14)29-3/h10-11,13,15H,5-9,12,22H2,1-4H3,(H,23,26). The number of nitrogens with one attached hydrogen (secondary N) is 1. The van der Waals surface area contributed by atoms with E-state index in [9.17, 15) is 14.4 Å². The molecular weight excluding hydrogens is 422 g/mol. The molecule has 0 radical (unpaired) electrons. The van der Waals surface area contributed by atoms with Crippen molar-refractivity contribution in [1.82, 2.24) is 10.2 Å². The number of benzene rings is 1. The van der Waals surface area contributed by atoms with Crippen molar-refractivity contribution in [2.24, 2.45) is 5.73 Å². The zero-order valence-electron chi connectivity index (χ0n) is 18.8. The fraction of sp³-hybridized carbons (Fsp3) is 0.571. The van der Waals surface area contributed by atoms with Crippen molar-refractivity contribution in [3.05, 3.63) is 17.7 Å². The smallest absolute Gasteiger partial charge is 0.412 e. The largest absolute Gasteiger partial charge is 0.493 e. The molecule has 1 fully saturated rings. The Morgan fingerprint density at radius 3 is 2.34 bits per heavy atom. The summed E-state index contributed by atoms with van der Waals surface area (Å²) in [6, 6.07) is 2.84. The zero-order chi connectivity index (χ0) is 23.7. The van der Waals surface area contributed by atoms with Crippen LogP contribution in [0.1, 0.15) is 36.5 Å². The summed E-state index contributed by atoms with van der Waals surface area (Å²) in [5.41, 5.74) is 5.63. The minimum atomic E-state index is -1.03. The van der Waals surface area contributed by atoms with Gasteiger partial charge in [-0.25, -0.2) is 4.79 Å². The molecule has 1 heterocycles. The number of hydrogen-bond acceptors (Lipinski definition) is 9. The van der Waals surface area contributed by atoms with E-state index in [1.54, 1.807) is 12.1 Å². The lowest BCUT2D eigenvalue weighted by molar-refractivity contribution is -0.166. The summed E-state index contributed by atoms with van der Waals surface area (Å²) in [5, 5.41) is 2.92. The Kier molecular flexibility index (Phi) is 9.39. The summed E-state index contributed by atoms with van der Waals surface area (Å²) in [7, 11) is 4.42. The van der Waals surface area contributed by atoms with Crippen LogP contribution in [0, 0.1) is 0 Å². The number of rotatable bonds is 9. The number of likely N-dealkylation sites (tertiary alicyclic amines) is 1. The number of hydrogen-bond donors (Lipinski definition) is 2. The third kappa shape index (κ3) is 6.64. The van der Waals surface area contributed by atoms with Crippen LogP contribution in [0.15, 0.2) is 12.1 Å². The molecule has 0 aliphatic carbocycles. The van der Waals surface area contributed by atoms with Gasteiger partial charge in [0, 0.05) is 38.2 Å². The van der Waals surface area contributed by atoms with Crippen molar-refractivity contribution in [2.75, 3.05) is 41.0 Å². The summed E-state index contributed by atoms with van der Waals surface area (Å²) < 4.78 is 26.0. The van der Waals surface area contributed by atoms with Gasteiger partial charge in [-0.05, 0) is 25.0 Å². The first-order valence-corrected chi connectivity index (χ1v) is 10.3. The fourth-order valence-corrected chi connectivity index (χ4v) is 3.34. The number of nitrogens with two attached hydrogens (primary N) is 1. The Morgan fingerprint density at radius 2 is 1.78 bits per heavy atom. The number of nitrogens with zero attached hydrogens (tertiary/aromatic N) is 1. The quantitative estimate of drug-likeness (QED) is 0.418. The summed E-state index contributed by atoms with van der Waals surface area (Å²) in [6.45, 7) is 2.34. The van der Waals surface area contributed by atoms with Crippen molar-refractivity contribution in [1.29, 1.82) is 0 Å². The Hall–Kier alpha value is -3.21. The van der Waals surface area contributed by atoms with Gasteiger partial charge in [0.25, 0.3) is 5.91 Å². The fourth-order valence-electron chi connectivity index (χ4n) is 3.34. The number of carbonyl (C=O) groups excluding carboxylic acids is 3. The number of ether oxygens (including phenoxy) is 5. The lowest BCUT2D eigenvalue weighted by Gasteiger charge is -2.33. The lowest BCUT2D eigenvalue weighted by Crippen LogP contribution is -2.50. The molecule has 11 heteroatoms. The predicted octanol–water partition coefficient (Wildman–Crippen LogP) is 1.28. The van der Waals surface area contributed by atoms with Gasteiger partial charge in [0.15, 0.2) is 11.5 Å². The average Bonchev–Trinajstić information content (AvgIpc) is 2.77. The van der Waals surface area contributed by atoms with Gasteiger partial charge < -0.3 is 39.6 Å². The first-order chi connectivity index (χ1) is 15.3. The van der Waals surface area contributed by atoms with Gasteiger partial charge in [0.2, 0.25) is 12.0 Å². The molecule has 2 unspecified atom stereocenters. The second kappa shape index (κ2) is 12.0. The van der Waals surface area contributed by atoms with Crippen molar-refractivity contribution >= 4 is 18.0 Å². The van der Waals surface area contributed by atoms with E-state index in [2.05, 4.69) is 5.32 Å². The Balaban J connectivity index is 1.98. The van der Waals surface area contributed by atoms with E-state index in [1.807, 2.05) is 0 Å². The Labute approximate surface area is 187 Å². The summed E-state index contributed by atoms with van der Waals surface area (Å²) in [5.74, 6) is 0.239. The van der Waals surface area contributed by atoms with Gasteiger partial charge in [-0.1, -0.05) is 0 Å². The molecule has 2 rings (SSSR count). The molecule has 1 aromatic rings.